The van der Waals surface area contributed by atoms with Gasteiger partial charge in [0.2, 0.25) is 0 Å². The molecule has 0 aliphatic heterocycles. The van der Waals surface area contributed by atoms with Gasteiger partial charge >= 0.3 is 0 Å². The van der Waals surface area contributed by atoms with Crippen LogP contribution in [0, 0.1) is 0 Å². The van der Waals surface area contributed by atoms with Crippen molar-refractivity contribution in [2.24, 2.45) is 0 Å². The second kappa shape index (κ2) is 7.31. The van der Waals surface area contributed by atoms with Gasteiger partial charge in [0.05, 0.1) is 20.8 Å². The van der Waals surface area contributed by atoms with Gasteiger partial charge in [0.15, 0.2) is 11.5 Å². The summed E-state index contributed by atoms with van der Waals surface area (Å²) >= 11 is 0. The number of benzene rings is 1. The molecule has 1 unspecified atom stereocenters. The molecule has 4 nitrogen and oxygen atoms in total. The summed E-state index contributed by atoms with van der Waals surface area (Å²) < 4.78 is 16.1. The molecule has 1 N–H and O–H groups in total. The average Bonchev–Trinajstić information content (AvgIpc) is 2.46. The van der Waals surface area contributed by atoms with Gasteiger partial charge in [0.25, 0.3) is 0 Å². The van der Waals surface area contributed by atoms with Crippen LogP contribution >= 0.6 is 0 Å². The molecule has 1 rings (SSSR count). The summed E-state index contributed by atoms with van der Waals surface area (Å²) in [6, 6.07) is 3.91. The molecule has 0 aliphatic carbocycles. The summed E-state index contributed by atoms with van der Waals surface area (Å²) in [5.41, 5.74) is 1.54. The molecule has 1 atom stereocenters. The first kappa shape index (κ1) is 16.5. The van der Waals surface area contributed by atoms with Crippen LogP contribution in [-0.4, -0.2) is 33.0 Å². The third-order valence-corrected chi connectivity index (χ3v) is 3.55. The Labute approximate surface area is 121 Å². The first-order valence-electron chi connectivity index (χ1n) is 6.55. The number of aliphatic hydroxyl groups is 1. The predicted octanol–water partition coefficient (Wildman–Crippen LogP) is 2.68. The predicted molar refractivity (Wildman–Crippen MR) is 79.5 cm³/mol. The van der Waals surface area contributed by atoms with E-state index < -0.39 is 5.41 Å². The van der Waals surface area contributed by atoms with Gasteiger partial charge in [0.1, 0.15) is 0 Å². The number of rotatable bonds is 8. The Hall–Kier alpha value is -1.52. The lowest BCUT2D eigenvalue weighted by Crippen LogP contribution is -2.22. The lowest BCUT2D eigenvalue weighted by atomic mass is 9.78. The van der Waals surface area contributed by atoms with E-state index in [1.807, 2.05) is 25.1 Å². The third-order valence-electron chi connectivity index (χ3n) is 3.55. The summed E-state index contributed by atoms with van der Waals surface area (Å²) in [6.07, 6.45) is 2.39. The lowest BCUT2D eigenvalue weighted by molar-refractivity contribution is 0.184. The smallest absolute Gasteiger partial charge is 0.164 e. The molecule has 0 fully saturated rings. The van der Waals surface area contributed by atoms with E-state index in [1.54, 1.807) is 21.3 Å². The molecule has 0 saturated carbocycles. The zero-order chi connectivity index (χ0) is 15.2. The molecule has 0 aromatic heterocycles. The number of allylic oxidation sites excluding steroid dienone is 1. The van der Waals surface area contributed by atoms with E-state index in [9.17, 15) is 5.11 Å². The molecular formula is C16H24O4. The SMILES string of the molecule is C=CC(C)(CCO)c1cc(COC)cc(OC)c1OC. The number of aliphatic hydroxyl groups excluding tert-OH is 1. The summed E-state index contributed by atoms with van der Waals surface area (Å²) in [7, 11) is 4.87. The first-order chi connectivity index (χ1) is 9.56. The van der Waals surface area contributed by atoms with Crippen LogP contribution in [0.5, 0.6) is 11.5 Å². The van der Waals surface area contributed by atoms with Crippen LogP contribution in [0.4, 0.5) is 0 Å². The highest BCUT2D eigenvalue weighted by molar-refractivity contribution is 5.53. The van der Waals surface area contributed by atoms with Crippen LogP contribution < -0.4 is 9.47 Å². The molecule has 1 aromatic rings. The Bertz CT molecular complexity index is 456. The Morgan fingerprint density at radius 2 is 1.95 bits per heavy atom. The van der Waals surface area contributed by atoms with Gasteiger partial charge in [-0.3, -0.25) is 0 Å². The maximum absolute atomic E-state index is 9.31. The van der Waals surface area contributed by atoms with E-state index in [0.717, 1.165) is 11.1 Å². The van der Waals surface area contributed by atoms with E-state index in [2.05, 4.69) is 6.58 Å². The van der Waals surface area contributed by atoms with Crippen LogP contribution in [0.2, 0.25) is 0 Å². The van der Waals surface area contributed by atoms with Crippen LogP contribution in [0.3, 0.4) is 0 Å². The molecule has 0 bridgehead atoms. The van der Waals surface area contributed by atoms with E-state index in [-0.39, 0.29) is 6.61 Å². The van der Waals surface area contributed by atoms with Crippen molar-refractivity contribution in [3.63, 3.8) is 0 Å². The summed E-state index contributed by atoms with van der Waals surface area (Å²) in [4.78, 5) is 0. The fourth-order valence-corrected chi connectivity index (χ4v) is 2.27. The van der Waals surface area contributed by atoms with Gasteiger partial charge in [0, 0.05) is 24.7 Å². The van der Waals surface area contributed by atoms with Crippen LogP contribution in [-0.2, 0) is 16.8 Å². The quantitative estimate of drug-likeness (QED) is 0.744. The van der Waals surface area contributed by atoms with Gasteiger partial charge in [-0.05, 0) is 24.1 Å². The largest absolute Gasteiger partial charge is 0.493 e. The number of hydrogen-bond acceptors (Lipinski definition) is 4. The van der Waals surface area contributed by atoms with Gasteiger partial charge < -0.3 is 19.3 Å². The fraction of sp³-hybridized carbons (Fsp3) is 0.500. The molecular weight excluding hydrogens is 256 g/mol. The van der Waals surface area contributed by atoms with E-state index in [0.29, 0.717) is 24.5 Å². The minimum atomic E-state index is -0.392. The van der Waals surface area contributed by atoms with Crippen molar-refractivity contribution in [1.82, 2.24) is 0 Å². The average molecular weight is 280 g/mol. The van der Waals surface area contributed by atoms with Crippen LogP contribution in [0.1, 0.15) is 24.5 Å². The van der Waals surface area contributed by atoms with E-state index in [1.165, 1.54) is 0 Å². The molecule has 0 saturated heterocycles. The summed E-state index contributed by atoms with van der Waals surface area (Å²) in [6.45, 7) is 6.47. The Kier molecular flexibility index (Phi) is 6.05. The molecule has 0 spiro atoms. The summed E-state index contributed by atoms with van der Waals surface area (Å²) in [5.74, 6) is 1.33. The van der Waals surface area contributed by atoms with Crippen LogP contribution in [0.15, 0.2) is 24.8 Å². The number of hydrogen-bond donors (Lipinski definition) is 1. The van der Waals surface area contributed by atoms with Crippen molar-refractivity contribution in [3.8, 4) is 11.5 Å². The normalized spacial score (nSPS) is 13.7. The Morgan fingerprint density at radius 1 is 1.25 bits per heavy atom. The highest BCUT2D eigenvalue weighted by Gasteiger charge is 2.28. The Morgan fingerprint density at radius 3 is 2.40 bits per heavy atom. The summed E-state index contributed by atoms with van der Waals surface area (Å²) in [5, 5.41) is 9.31. The second-order valence-electron chi connectivity index (χ2n) is 4.91. The van der Waals surface area contributed by atoms with Gasteiger partial charge in [-0.1, -0.05) is 13.0 Å². The van der Waals surface area contributed by atoms with Crippen molar-refractivity contribution < 1.29 is 19.3 Å². The molecule has 0 heterocycles. The van der Waals surface area contributed by atoms with E-state index in [4.69, 9.17) is 14.2 Å². The molecule has 20 heavy (non-hydrogen) atoms. The monoisotopic (exact) mass is 280 g/mol. The first-order valence-corrected chi connectivity index (χ1v) is 6.55. The second-order valence-corrected chi connectivity index (χ2v) is 4.91. The van der Waals surface area contributed by atoms with Crippen molar-refractivity contribution >= 4 is 0 Å². The molecule has 0 amide bonds. The standard InChI is InChI=1S/C16H24O4/c1-6-16(2,7-8-17)13-9-12(11-18-3)10-14(19-4)15(13)20-5/h6,9-10,17H,1,7-8,11H2,2-5H3. The molecule has 4 heteroatoms. The number of methoxy groups -OCH3 is 3. The van der Waals surface area contributed by atoms with Crippen molar-refractivity contribution in [1.29, 1.82) is 0 Å². The third kappa shape index (κ3) is 3.32. The molecule has 0 aliphatic rings. The number of ether oxygens (including phenoxy) is 3. The van der Waals surface area contributed by atoms with Gasteiger partial charge in [-0.15, -0.1) is 6.58 Å². The van der Waals surface area contributed by atoms with Gasteiger partial charge in [-0.2, -0.15) is 0 Å². The fourth-order valence-electron chi connectivity index (χ4n) is 2.27. The molecule has 112 valence electrons. The van der Waals surface area contributed by atoms with Crippen molar-refractivity contribution in [3.05, 3.63) is 35.9 Å². The zero-order valence-corrected chi connectivity index (χ0v) is 12.7. The topological polar surface area (TPSA) is 47.9 Å². The van der Waals surface area contributed by atoms with Crippen molar-refractivity contribution in [2.75, 3.05) is 27.9 Å². The van der Waals surface area contributed by atoms with E-state index >= 15 is 0 Å². The van der Waals surface area contributed by atoms with Crippen LogP contribution in [0.25, 0.3) is 0 Å². The maximum Gasteiger partial charge on any atom is 0.164 e. The highest BCUT2D eigenvalue weighted by Crippen LogP contribution is 2.42. The minimum absolute atomic E-state index is 0.0719. The lowest BCUT2D eigenvalue weighted by Gasteiger charge is -2.29. The van der Waals surface area contributed by atoms with Gasteiger partial charge in [-0.25, -0.2) is 0 Å². The Balaban J connectivity index is 3.47. The molecule has 0 radical (unpaired) electrons. The zero-order valence-electron chi connectivity index (χ0n) is 12.7. The minimum Gasteiger partial charge on any atom is -0.493 e. The highest BCUT2D eigenvalue weighted by atomic mass is 16.5. The molecule has 1 aromatic carbocycles. The maximum atomic E-state index is 9.31. The van der Waals surface area contributed by atoms with Crippen molar-refractivity contribution in [2.45, 2.75) is 25.4 Å².